The molecule has 0 saturated carbocycles. The maximum atomic E-state index is 13.5. The van der Waals surface area contributed by atoms with Crippen LogP contribution >= 0.6 is 0 Å². The normalized spacial score (nSPS) is 22.7. The van der Waals surface area contributed by atoms with Gasteiger partial charge in [0.25, 0.3) is 5.91 Å². The number of amides is 2. The molecule has 2 aliphatic rings. The predicted octanol–water partition coefficient (Wildman–Crippen LogP) is 3.45. The fourth-order valence-electron chi connectivity index (χ4n) is 4.26. The van der Waals surface area contributed by atoms with E-state index in [0.717, 1.165) is 5.69 Å². The Balaban J connectivity index is 1.61. The SMILES string of the molecule is COc1cc([C@@H]2[C@H]3C(=O)N(c4ccccc4)C(=O)[C@@H]3ON2c2ccccc2)ccc1O. The van der Waals surface area contributed by atoms with E-state index >= 15 is 0 Å². The zero-order chi connectivity index (χ0) is 21.5. The molecule has 0 radical (unpaired) electrons. The Bertz CT molecular complexity index is 1140. The predicted molar refractivity (Wildman–Crippen MR) is 114 cm³/mol. The first kappa shape index (κ1) is 19.1. The number of fused-ring (bicyclic) bond motifs is 1. The molecule has 0 unspecified atom stereocenters. The molecule has 2 aliphatic heterocycles. The van der Waals surface area contributed by atoms with Gasteiger partial charge < -0.3 is 9.84 Å². The van der Waals surface area contributed by atoms with Crippen LogP contribution in [0.3, 0.4) is 0 Å². The number of methoxy groups -OCH3 is 1. The summed E-state index contributed by atoms with van der Waals surface area (Å²) in [4.78, 5) is 34.0. The number of phenols is 1. The minimum Gasteiger partial charge on any atom is -0.504 e. The van der Waals surface area contributed by atoms with Crippen LogP contribution in [-0.4, -0.2) is 30.1 Å². The third-order valence-electron chi connectivity index (χ3n) is 5.69. The van der Waals surface area contributed by atoms with Crippen LogP contribution in [0, 0.1) is 5.92 Å². The fraction of sp³-hybridized carbons (Fsp3) is 0.167. The van der Waals surface area contributed by atoms with Crippen molar-refractivity contribution in [3.05, 3.63) is 84.4 Å². The topological polar surface area (TPSA) is 79.3 Å². The Morgan fingerprint density at radius 3 is 2.16 bits per heavy atom. The highest BCUT2D eigenvalue weighted by atomic mass is 16.7. The number of ether oxygens (including phenoxy) is 1. The van der Waals surface area contributed by atoms with E-state index in [1.165, 1.54) is 18.1 Å². The second-order valence-corrected chi connectivity index (χ2v) is 7.44. The van der Waals surface area contributed by atoms with Crippen molar-refractivity contribution in [2.75, 3.05) is 17.1 Å². The molecular weight excluding hydrogens is 396 g/mol. The van der Waals surface area contributed by atoms with Gasteiger partial charge in [0.05, 0.1) is 24.5 Å². The van der Waals surface area contributed by atoms with E-state index in [9.17, 15) is 14.7 Å². The van der Waals surface area contributed by atoms with Crippen molar-refractivity contribution in [2.45, 2.75) is 12.1 Å². The van der Waals surface area contributed by atoms with Crippen molar-refractivity contribution in [2.24, 2.45) is 5.92 Å². The maximum Gasteiger partial charge on any atom is 0.266 e. The highest BCUT2D eigenvalue weighted by Gasteiger charge is 2.60. The number of hydroxylamine groups is 1. The van der Waals surface area contributed by atoms with Gasteiger partial charge in [-0.1, -0.05) is 42.5 Å². The molecule has 0 spiro atoms. The summed E-state index contributed by atoms with van der Waals surface area (Å²) in [6, 6.07) is 22.5. The molecule has 2 amide bonds. The summed E-state index contributed by atoms with van der Waals surface area (Å²) in [6.45, 7) is 0. The van der Waals surface area contributed by atoms with Crippen LogP contribution < -0.4 is 14.7 Å². The second kappa shape index (κ2) is 7.45. The number of aromatic hydroxyl groups is 1. The molecule has 0 aromatic heterocycles. The van der Waals surface area contributed by atoms with Crippen molar-refractivity contribution in [3.8, 4) is 11.5 Å². The number of nitrogens with zero attached hydrogens (tertiary/aromatic N) is 2. The van der Waals surface area contributed by atoms with E-state index < -0.39 is 24.0 Å². The minimum atomic E-state index is -0.947. The van der Waals surface area contributed by atoms with Gasteiger partial charge in [0.2, 0.25) is 5.91 Å². The quantitative estimate of drug-likeness (QED) is 0.657. The number of carbonyl (C=O) groups excluding carboxylic acids is 2. The van der Waals surface area contributed by atoms with Crippen LogP contribution in [0.4, 0.5) is 11.4 Å². The lowest BCUT2D eigenvalue weighted by Crippen LogP contribution is -2.37. The maximum absolute atomic E-state index is 13.5. The van der Waals surface area contributed by atoms with Gasteiger partial charge in [-0.2, -0.15) is 0 Å². The van der Waals surface area contributed by atoms with Crippen LogP contribution in [0.1, 0.15) is 11.6 Å². The van der Waals surface area contributed by atoms with Crippen LogP contribution in [0.15, 0.2) is 78.9 Å². The summed E-state index contributed by atoms with van der Waals surface area (Å²) in [5, 5.41) is 11.6. The first-order chi connectivity index (χ1) is 15.1. The third-order valence-corrected chi connectivity index (χ3v) is 5.69. The molecule has 2 heterocycles. The lowest BCUT2D eigenvalue weighted by Gasteiger charge is -2.29. The smallest absolute Gasteiger partial charge is 0.266 e. The van der Waals surface area contributed by atoms with E-state index in [1.54, 1.807) is 41.5 Å². The first-order valence-corrected chi connectivity index (χ1v) is 9.91. The number of benzene rings is 3. The van der Waals surface area contributed by atoms with Crippen LogP contribution in [-0.2, 0) is 14.4 Å². The Morgan fingerprint density at radius 1 is 0.871 bits per heavy atom. The first-order valence-electron chi connectivity index (χ1n) is 9.91. The van der Waals surface area contributed by atoms with E-state index in [4.69, 9.17) is 9.57 Å². The summed E-state index contributed by atoms with van der Waals surface area (Å²) < 4.78 is 5.26. The third kappa shape index (κ3) is 3.02. The van der Waals surface area contributed by atoms with Crippen molar-refractivity contribution in [3.63, 3.8) is 0 Å². The molecule has 2 fully saturated rings. The number of para-hydroxylation sites is 2. The van der Waals surface area contributed by atoms with Crippen LogP contribution in [0.2, 0.25) is 0 Å². The lowest BCUT2D eigenvalue weighted by atomic mass is 9.90. The zero-order valence-electron chi connectivity index (χ0n) is 16.7. The molecule has 0 bridgehead atoms. The van der Waals surface area contributed by atoms with Gasteiger partial charge in [0.1, 0.15) is 5.92 Å². The number of hydrogen-bond acceptors (Lipinski definition) is 6. The minimum absolute atomic E-state index is 0.00675. The number of hydrogen-bond donors (Lipinski definition) is 1. The van der Waals surface area contributed by atoms with Gasteiger partial charge in [-0.3, -0.25) is 14.4 Å². The molecular formula is C24H20N2O5. The summed E-state index contributed by atoms with van der Waals surface area (Å²) in [5.41, 5.74) is 1.94. The van der Waals surface area contributed by atoms with Crippen LogP contribution in [0.5, 0.6) is 11.5 Å². The molecule has 156 valence electrons. The molecule has 3 aromatic rings. The van der Waals surface area contributed by atoms with E-state index in [-0.39, 0.29) is 17.4 Å². The standard InChI is InChI=1S/C24H20N2O5/c1-30-19-14-15(12-13-18(19)27)21-20-22(31-26(21)17-10-6-3-7-11-17)24(29)25(23(20)28)16-8-4-2-5-9-16/h2-14,20-22,27H,1H3/t20-,21-,22-/m1/s1. The van der Waals surface area contributed by atoms with Gasteiger partial charge in [0, 0.05) is 0 Å². The number of anilines is 2. The number of rotatable bonds is 4. The highest BCUT2D eigenvalue weighted by molar-refractivity contribution is 6.23. The number of imide groups is 1. The Morgan fingerprint density at radius 2 is 1.52 bits per heavy atom. The van der Waals surface area contributed by atoms with Gasteiger partial charge >= 0.3 is 0 Å². The zero-order valence-corrected chi connectivity index (χ0v) is 16.7. The molecule has 3 atom stereocenters. The monoisotopic (exact) mass is 416 g/mol. The Labute approximate surface area is 179 Å². The highest BCUT2D eigenvalue weighted by Crippen LogP contribution is 2.48. The van der Waals surface area contributed by atoms with Crippen LogP contribution in [0.25, 0.3) is 0 Å². The molecule has 0 aliphatic carbocycles. The van der Waals surface area contributed by atoms with E-state index in [0.29, 0.717) is 11.3 Å². The number of carbonyl (C=O) groups is 2. The van der Waals surface area contributed by atoms with Crippen molar-refractivity contribution >= 4 is 23.2 Å². The largest absolute Gasteiger partial charge is 0.504 e. The average Bonchev–Trinajstić information content (AvgIpc) is 3.31. The molecule has 7 heteroatoms. The van der Waals surface area contributed by atoms with E-state index in [1.807, 2.05) is 36.4 Å². The Kier molecular flexibility index (Phi) is 4.60. The van der Waals surface area contributed by atoms with Gasteiger partial charge in [0.15, 0.2) is 17.6 Å². The summed E-state index contributed by atoms with van der Waals surface area (Å²) in [5.74, 6) is -1.19. The van der Waals surface area contributed by atoms with Gasteiger partial charge in [-0.25, -0.2) is 9.96 Å². The molecule has 1 N–H and O–H groups in total. The lowest BCUT2D eigenvalue weighted by molar-refractivity contribution is -0.126. The van der Waals surface area contributed by atoms with Crippen molar-refractivity contribution < 1.29 is 24.3 Å². The van der Waals surface area contributed by atoms with Gasteiger partial charge in [-0.05, 0) is 42.0 Å². The summed E-state index contributed by atoms with van der Waals surface area (Å²) in [6.07, 6.45) is -0.947. The summed E-state index contributed by atoms with van der Waals surface area (Å²) >= 11 is 0. The summed E-state index contributed by atoms with van der Waals surface area (Å²) in [7, 11) is 1.46. The molecule has 3 aromatic carbocycles. The second-order valence-electron chi connectivity index (χ2n) is 7.44. The average molecular weight is 416 g/mol. The molecule has 7 nitrogen and oxygen atoms in total. The number of phenolic OH excluding ortho intramolecular Hbond substituents is 1. The molecule has 5 rings (SSSR count). The molecule has 31 heavy (non-hydrogen) atoms. The van der Waals surface area contributed by atoms with Crippen molar-refractivity contribution in [1.29, 1.82) is 0 Å². The van der Waals surface area contributed by atoms with Gasteiger partial charge in [-0.15, -0.1) is 0 Å². The Hall–Kier alpha value is -3.84. The fourth-order valence-corrected chi connectivity index (χ4v) is 4.26. The van der Waals surface area contributed by atoms with Crippen molar-refractivity contribution in [1.82, 2.24) is 0 Å². The molecule has 2 saturated heterocycles. The van der Waals surface area contributed by atoms with E-state index in [2.05, 4.69) is 0 Å².